The van der Waals surface area contributed by atoms with Crippen LogP contribution in [-0.2, 0) is 6.54 Å². The van der Waals surface area contributed by atoms with Gasteiger partial charge >= 0.3 is 6.03 Å². The van der Waals surface area contributed by atoms with Crippen molar-refractivity contribution in [3.05, 3.63) is 58.4 Å². The van der Waals surface area contributed by atoms with Crippen molar-refractivity contribution < 1.29 is 14.3 Å². The Bertz CT molecular complexity index is 928. The molecular formula is C19H18ClN3O3S. The normalized spacial score (nSPS) is 10.3. The third-order valence-corrected chi connectivity index (χ3v) is 4.78. The standard InChI is InChI=1S/C19H18ClN3O3S/c1-25-16-8-5-13(9-17(16)26-2)15-11-27-19(22-15)23-18(24)21-10-12-3-6-14(20)7-4-12/h3-9,11H,10H2,1-2H3,(H2,21,22,23,24). The van der Waals surface area contributed by atoms with Crippen molar-refractivity contribution in [3.8, 4) is 22.8 Å². The molecule has 0 aliphatic heterocycles. The van der Waals surface area contributed by atoms with Gasteiger partial charge in [0.25, 0.3) is 0 Å². The van der Waals surface area contributed by atoms with Gasteiger partial charge in [-0.2, -0.15) is 0 Å². The van der Waals surface area contributed by atoms with Gasteiger partial charge in [-0.05, 0) is 35.9 Å². The Balaban J connectivity index is 1.62. The Hall–Kier alpha value is -2.77. The van der Waals surface area contributed by atoms with Gasteiger partial charge in [-0.25, -0.2) is 9.78 Å². The molecule has 0 bridgehead atoms. The SMILES string of the molecule is COc1ccc(-c2csc(NC(=O)NCc3ccc(Cl)cc3)n2)cc1OC. The number of carbonyl (C=O) groups is 1. The highest BCUT2D eigenvalue weighted by Gasteiger charge is 2.11. The van der Waals surface area contributed by atoms with Crippen molar-refractivity contribution in [2.24, 2.45) is 0 Å². The van der Waals surface area contributed by atoms with E-state index >= 15 is 0 Å². The lowest BCUT2D eigenvalue weighted by molar-refractivity contribution is 0.251. The molecule has 0 spiro atoms. The van der Waals surface area contributed by atoms with Crippen LogP contribution in [0.15, 0.2) is 47.8 Å². The molecule has 2 N–H and O–H groups in total. The van der Waals surface area contributed by atoms with E-state index in [1.54, 1.807) is 26.4 Å². The first-order valence-electron chi connectivity index (χ1n) is 8.06. The summed E-state index contributed by atoms with van der Waals surface area (Å²) in [6.07, 6.45) is 0. The van der Waals surface area contributed by atoms with Crippen LogP contribution in [0, 0.1) is 0 Å². The summed E-state index contributed by atoms with van der Waals surface area (Å²) in [5.74, 6) is 1.27. The number of hydrogen-bond acceptors (Lipinski definition) is 5. The van der Waals surface area contributed by atoms with Crippen LogP contribution in [0.2, 0.25) is 5.02 Å². The first-order chi connectivity index (χ1) is 13.1. The number of ether oxygens (including phenoxy) is 2. The number of anilines is 1. The molecule has 1 aromatic heterocycles. The fourth-order valence-electron chi connectivity index (χ4n) is 2.39. The minimum absolute atomic E-state index is 0.321. The number of nitrogens with one attached hydrogen (secondary N) is 2. The number of benzene rings is 2. The summed E-state index contributed by atoms with van der Waals surface area (Å²) in [7, 11) is 3.17. The number of rotatable bonds is 6. The van der Waals surface area contributed by atoms with E-state index in [1.807, 2.05) is 35.7 Å². The van der Waals surface area contributed by atoms with Crippen molar-refractivity contribution in [2.75, 3.05) is 19.5 Å². The summed E-state index contributed by atoms with van der Waals surface area (Å²) < 4.78 is 10.6. The third-order valence-electron chi connectivity index (χ3n) is 3.77. The zero-order valence-electron chi connectivity index (χ0n) is 14.8. The molecule has 0 radical (unpaired) electrons. The lowest BCUT2D eigenvalue weighted by Gasteiger charge is -2.08. The number of methoxy groups -OCH3 is 2. The minimum Gasteiger partial charge on any atom is -0.493 e. The van der Waals surface area contributed by atoms with Crippen LogP contribution in [-0.4, -0.2) is 25.2 Å². The predicted molar refractivity (Wildman–Crippen MR) is 108 cm³/mol. The molecule has 6 nitrogen and oxygen atoms in total. The Morgan fingerprint density at radius 3 is 2.56 bits per heavy atom. The number of amides is 2. The molecule has 0 aliphatic rings. The van der Waals surface area contributed by atoms with Crippen molar-refractivity contribution in [1.82, 2.24) is 10.3 Å². The van der Waals surface area contributed by atoms with E-state index in [1.165, 1.54) is 11.3 Å². The van der Waals surface area contributed by atoms with Gasteiger partial charge in [-0.3, -0.25) is 5.32 Å². The molecule has 8 heteroatoms. The van der Waals surface area contributed by atoms with Gasteiger partial charge in [0, 0.05) is 22.5 Å². The van der Waals surface area contributed by atoms with E-state index in [4.69, 9.17) is 21.1 Å². The minimum atomic E-state index is -0.321. The number of halogens is 1. The Morgan fingerprint density at radius 1 is 1.11 bits per heavy atom. The van der Waals surface area contributed by atoms with E-state index < -0.39 is 0 Å². The third kappa shape index (κ3) is 4.90. The maximum atomic E-state index is 12.1. The van der Waals surface area contributed by atoms with Crippen LogP contribution in [0.5, 0.6) is 11.5 Å². The van der Waals surface area contributed by atoms with Crippen LogP contribution >= 0.6 is 22.9 Å². The molecular weight excluding hydrogens is 386 g/mol. The zero-order chi connectivity index (χ0) is 19.2. The number of carbonyl (C=O) groups excluding carboxylic acids is 1. The predicted octanol–water partition coefficient (Wildman–Crippen LogP) is 4.80. The lowest BCUT2D eigenvalue weighted by Crippen LogP contribution is -2.28. The molecule has 140 valence electrons. The van der Waals surface area contributed by atoms with E-state index in [0.717, 1.165) is 16.8 Å². The van der Waals surface area contributed by atoms with Crippen molar-refractivity contribution in [1.29, 1.82) is 0 Å². The maximum Gasteiger partial charge on any atom is 0.321 e. The molecule has 0 unspecified atom stereocenters. The van der Waals surface area contributed by atoms with Gasteiger partial charge in [0.1, 0.15) is 0 Å². The van der Waals surface area contributed by atoms with Gasteiger partial charge in [-0.1, -0.05) is 23.7 Å². The van der Waals surface area contributed by atoms with Gasteiger partial charge in [0.2, 0.25) is 0 Å². The summed E-state index contributed by atoms with van der Waals surface area (Å²) in [6.45, 7) is 0.400. The van der Waals surface area contributed by atoms with E-state index in [0.29, 0.717) is 28.2 Å². The molecule has 2 aromatic carbocycles. The summed E-state index contributed by atoms with van der Waals surface area (Å²) in [4.78, 5) is 16.5. The van der Waals surface area contributed by atoms with Crippen LogP contribution < -0.4 is 20.1 Å². The number of hydrogen-bond donors (Lipinski definition) is 2. The molecule has 3 rings (SSSR count). The number of thiazole rings is 1. The molecule has 3 aromatic rings. The topological polar surface area (TPSA) is 72.5 Å². The number of urea groups is 1. The highest BCUT2D eigenvalue weighted by Crippen LogP contribution is 2.33. The summed E-state index contributed by atoms with van der Waals surface area (Å²) in [5.41, 5.74) is 2.58. The second-order valence-electron chi connectivity index (χ2n) is 5.54. The number of nitrogens with zero attached hydrogens (tertiary/aromatic N) is 1. The van der Waals surface area contributed by atoms with Crippen LogP contribution in [0.1, 0.15) is 5.56 Å². The Morgan fingerprint density at radius 2 is 1.85 bits per heavy atom. The molecule has 2 amide bonds. The van der Waals surface area contributed by atoms with E-state index in [2.05, 4.69) is 15.6 Å². The highest BCUT2D eigenvalue weighted by molar-refractivity contribution is 7.14. The van der Waals surface area contributed by atoms with Crippen LogP contribution in [0.4, 0.5) is 9.93 Å². The average Bonchev–Trinajstić information content (AvgIpc) is 3.15. The quantitative estimate of drug-likeness (QED) is 0.620. The fourth-order valence-corrected chi connectivity index (χ4v) is 3.23. The molecule has 0 atom stereocenters. The fraction of sp³-hybridized carbons (Fsp3) is 0.158. The first-order valence-corrected chi connectivity index (χ1v) is 9.32. The largest absolute Gasteiger partial charge is 0.493 e. The maximum absolute atomic E-state index is 12.1. The molecule has 0 fully saturated rings. The Labute approximate surface area is 166 Å². The second-order valence-corrected chi connectivity index (χ2v) is 6.84. The van der Waals surface area contributed by atoms with E-state index in [-0.39, 0.29) is 6.03 Å². The van der Waals surface area contributed by atoms with Crippen molar-refractivity contribution >= 4 is 34.1 Å². The van der Waals surface area contributed by atoms with Gasteiger partial charge in [0.15, 0.2) is 16.6 Å². The monoisotopic (exact) mass is 403 g/mol. The average molecular weight is 404 g/mol. The smallest absolute Gasteiger partial charge is 0.321 e. The molecule has 1 heterocycles. The zero-order valence-corrected chi connectivity index (χ0v) is 16.4. The lowest BCUT2D eigenvalue weighted by atomic mass is 10.1. The summed E-state index contributed by atoms with van der Waals surface area (Å²) in [5, 5.41) is 8.57. The summed E-state index contributed by atoms with van der Waals surface area (Å²) >= 11 is 7.20. The molecule has 0 saturated carbocycles. The second kappa shape index (κ2) is 8.75. The van der Waals surface area contributed by atoms with Gasteiger partial charge in [0.05, 0.1) is 19.9 Å². The molecule has 0 saturated heterocycles. The molecule has 0 aliphatic carbocycles. The van der Waals surface area contributed by atoms with Crippen molar-refractivity contribution in [2.45, 2.75) is 6.54 Å². The number of aromatic nitrogens is 1. The summed E-state index contributed by atoms with van der Waals surface area (Å²) in [6, 6.07) is 12.5. The van der Waals surface area contributed by atoms with Gasteiger partial charge in [-0.15, -0.1) is 11.3 Å². The van der Waals surface area contributed by atoms with Crippen LogP contribution in [0.25, 0.3) is 11.3 Å². The highest BCUT2D eigenvalue weighted by atomic mass is 35.5. The van der Waals surface area contributed by atoms with Crippen LogP contribution in [0.3, 0.4) is 0 Å². The first kappa shape index (κ1) is 19.0. The van der Waals surface area contributed by atoms with Gasteiger partial charge < -0.3 is 14.8 Å². The van der Waals surface area contributed by atoms with E-state index in [9.17, 15) is 4.79 Å². The molecule has 27 heavy (non-hydrogen) atoms. The van der Waals surface area contributed by atoms with Crippen molar-refractivity contribution in [3.63, 3.8) is 0 Å². The Kier molecular flexibility index (Phi) is 6.16.